The molecule has 1 aromatic heterocycles. The number of hydrogen-bond donors (Lipinski definition) is 3. The molecule has 1 aromatic carbocycles. The first-order valence-electron chi connectivity index (χ1n) is 10.4. The largest absolute Gasteiger partial charge is 0.455 e. The Labute approximate surface area is 189 Å². The number of halogens is 2. The Kier molecular flexibility index (Phi) is 9.71. The summed E-state index contributed by atoms with van der Waals surface area (Å²) in [6, 6.07) is 5.01. The van der Waals surface area contributed by atoms with Crippen LogP contribution in [-0.4, -0.2) is 60.1 Å². The number of para-hydroxylation sites is 1. The predicted octanol–water partition coefficient (Wildman–Crippen LogP) is 2.09. The highest BCUT2D eigenvalue weighted by atomic mass is 19.1. The van der Waals surface area contributed by atoms with Crippen LogP contribution in [0.4, 0.5) is 8.78 Å². The normalized spacial score (nSPS) is 12.7. The van der Waals surface area contributed by atoms with Gasteiger partial charge in [-0.1, -0.05) is 24.8 Å². The second-order valence-electron chi connectivity index (χ2n) is 7.45. The van der Waals surface area contributed by atoms with Gasteiger partial charge in [0, 0.05) is 36.9 Å². The first kappa shape index (κ1) is 25.7. The standard InChI is InChI=1S/C23H27F2N3O5/c1-3-16(30)8-9-20(23(32)33-17(11-24)12-25)28-22(31)21(27-14(2)29)10-15-13-26-19-7-5-4-6-18(15)19/h3-7,13,17,20-21,26H,1,8-12H2,2H3,(H,27,29)(H,28,31)/t20-,21-/m0/s1. The number of allylic oxidation sites excluding steroid dienone is 1. The smallest absolute Gasteiger partial charge is 0.329 e. The Hall–Kier alpha value is -3.56. The van der Waals surface area contributed by atoms with E-state index < -0.39 is 49.3 Å². The second-order valence-corrected chi connectivity index (χ2v) is 7.45. The lowest BCUT2D eigenvalue weighted by Gasteiger charge is -2.23. The van der Waals surface area contributed by atoms with Gasteiger partial charge in [0.05, 0.1) is 0 Å². The van der Waals surface area contributed by atoms with Crippen LogP contribution in [0.5, 0.6) is 0 Å². The minimum absolute atomic E-state index is 0.111. The number of aromatic nitrogens is 1. The zero-order chi connectivity index (χ0) is 24.4. The Balaban J connectivity index is 2.21. The van der Waals surface area contributed by atoms with E-state index in [0.717, 1.165) is 22.5 Å². The van der Waals surface area contributed by atoms with E-state index in [9.17, 15) is 28.0 Å². The number of hydrogen-bond acceptors (Lipinski definition) is 5. The summed E-state index contributed by atoms with van der Waals surface area (Å²) in [7, 11) is 0. The number of aromatic amines is 1. The fourth-order valence-corrected chi connectivity index (χ4v) is 3.24. The molecule has 0 saturated carbocycles. The van der Waals surface area contributed by atoms with Crippen molar-refractivity contribution in [3.8, 4) is 0 Å². The topological polar surface area (TPSA) is 117 Å². The number of ether oxygens (including phenoxy) is 1. The van der Waals surface area contributed by atoms with Crippen molar-refractivity contribution in [2.45, 2.75) is 44.4 Å². The number of fused-ring (bicyclic) bond motifs is 1. The number of amides is 2. The van der Waals surface area contributed by atoms with E-state index in [0.29, 0.717) is 0 Å². The molecule has 0 aliphatic heterocycles. The summed E-state index contributed by atoms with van der Waals surface area (Å²) in [5.74, 6) is -2.63. The minimum Gasteiger partial charge on any atom is -0.455 e. The fraction of sp³-hybridized carbons (Fsp3) is 0.391. The maximum Gasteiger partial charge on any atom is 0.329 e. The van der Waals surface area contributed by atoms with E-state index in [4.69, 9.17) is 4.74 Å². The van der Waals surface area contributed by atoms with Crippen molar-refractivity contribution >= 4 is 34.5 Å². The number of esters is 1. The van der Waals surface area contributed by atoms with Crippen molar-refractivity contribution in [1.29, 1.82) is 0 Å². The number of carbonyl (C=O) groups is 4. The quantitative estimate of drug-likeness (QED) is 0.311. The Morgan fingerprint density at radius 1 is 1.12 bits per heavy atom. The first-order valence-corrected chi connectivity index (χ1v) is 10.4. The summed E-state index contributed by atoms with van der Waals surface area (Å²) >= 11 is 0. The van der Waals surface area contributed by atoms with Crippen LogP contribution in [0.15, 0.2) is 43.1 Å². The summed E-state index contributed by atoms with van der Waals surface area (Å²) in [6.07, 6.45) is 0.972. The third kappa shape index (κ3) is 7.51. The molecule has 0 bridgehead atoms. The molecule has 1 heterocycles. The van der Waals surface area contributed by atoms with E-state index in [1.54, 1.807) is 6.20 Å². The molecule has 0 radical (unpaired) electrons. The summed E-state index contributed by atoms with van der Waals surface area (Å²) in [4.78, 5) is 51.9. The highest BCUT2D eigenvalue weighted by Crippen LogP contribution is 2.19. The zero-order valence-electron chi connectivity index (χ0n) is 18.2. The average molecular weight is 463 g/mol. The highest BCUT2D eigenvalue weighted by Gasteiger charge is 2.29. The van der Waals surface area contributed by atoms with E-state index in [1.807, 2.05) is 24.3 Å². The lowest BCUT2D eigenvalue weighted by molar-refractivity contribution is -0.155. The number of alkyl halides is 2. The van der Waals surface area contributed by atoms with Gasteiger partial charge in [0.2, 0.25) is 11.8 Å². The molecule has 3 N–H and O–H groups in total. The van der Waals surface area contributed by atoms with Crippen LogP contribution in [-0.2, 0) is 30.3 Å². The van der Waals surface area contributed by atoms with Gasteiger partial charge in [-0.15, -0.1) is 0 Å². The molecular formula is C23H27F2N3O5. The molecule has 2 atom stereocenters. The number of H-pyrrole nitrogens is 1. The van der Waals surface area contributed by atoms with Crippen molar-refractivity contribution in [1.82, 2.24) is 15.6 Å². The van der Waals surface area contributed by atoms with Gasteiger partial charge in [0.25, 0.3) is 0 Å². The van der Waals surface area contributed by atoms with E-state index in [1.165, 1.54) is 6.92 Å². The zero-order valence-corrected chi connectivity index (χ0v) is 18.2. The Morgan fingerprint density at radius 3 is 2.45 bits per heavy atom. The Morgan fingerprint density at radius 2 is 1.82 bits per heavy atom. The third-order valence-corrected chi connectivity index (χ3v) is 4.93. The Bertz CT molecular complexity index is 1000. The number of rotatable bonds is 13. The van der Waals surface area contributed by atoms with Gasteiger partial charge in [0.1, 0.15) is 25.4 Å². The molecule has 178 valence electrons. The molecule has 0 saturated heterocycles. The highest BCUT2D eigenvalue weighted by molar-refractivity contribution is 5.93. The molecule has 0 aliphatic carbocycles. The van der Waals surface area contributed by atoms with Gasteiger partial charge >= 0.3 is 5.97 Å². The molecule has 2 aromatic rings. The van der Waals surface area contributed by atoms with Gasteiger partial charge < -0.3 is 20.4 Å². The maximum atomic E-state index is 13.0. The van der Waals surface area contributed by atoms with Crippen LogP contribution in [0.25, 0.3) is 10.9 Å². The van der Waals surface area contributed by atoms with Crippen molar-refractivity contribution in [2.24, 2.45) is 0 Å². The third-order valence-electron chi connectivity index (χ3n) is 4.93. The molecule has 33 heavy (non-hydrogen) atoms. The number of nitrogens with one attached hydrogen (secondary N) is 3. The monoisotopic (exact) mass is 463 g/mol. The fourth-order valence-electron chi connectivity index (χ4n) is 3.24. The van der Waals surface area contributed by atoms with Crippen LogP contribution in [0.3, 0.4) is 0 Å². The molecule has 0 aliphatic rings. The lowest BCUT2D eigenvalue weighted by Crippen LogP contribution is -2.53. The number of benzene rings is 1. The molecule has 0 unspecified atom stereocenters. The average Bonchev–Trinajstić information content (AvgIpc) is 3.21. The summed E-state index contributed by atoms with van der Waals surface area (Å²) in [5.41, 5.74) is 1.61. The maximum absolute atomic E-state index is 13.0. The first-order chi connectivity index (χ1) is 15.8. The van der Waals surface area contributed by atoms with Crippen molar-refractivity contribution in [3.63, 3.8) is 0 Å². The van der Waals surface area contributed by atoms with E-state index in [2.05, 4.69) is 22.2 Å². The molecule has 2 rings (SSSR count). The van der Waals surface area contributed by atoms with Crippen LogP contribution in [0.2, 0.25) is 0 Å². The molecule has 0 spiro atoms. The molecule has 10 heteroatoms. The van der Waals surface area contributed by atoms with Crippen molar-refractivity contribution in [3.05, 3.63) is 48.7 Å². The molecular weight excluding hydrogens is 436 g/mol. The lowest BCUT2D eigenvalue weighted by atomic mass is 10.0. The predicted molar refractivity (Wildman–Crippen MR) is 118 cm³/mol. The van der Waals surface area contributed by atoms with Crippen LogP contribution < -0.4 is 10.6 Å². The molecule has 2 amide bonds. The number of ketones is 1. The van der Waals surface area contributed by atoms with Gasteiger partial charge in [-0.3, -0.25) is 14.4 Å². The van der Waals surface area contributed by atoms with Gasteiger partial charge in [-0.05, 0) is 24.1 Å². The van der Waals surface area contributed by atoms with Crippen LogP contribution in [0.1, 0.15) is 25.3 Å². The summed E-state index contributed by atoms with van der Waals surface area (Å²) in [6.45, 7) is 2.13. The van der Waals surface area contributed by atoms with Crippen molar-refractivity contribution < 1.29 is 32.7 Å². The van der Waals surface area contributed by atoms with Crippen molar-refractivity contribution in [2.75, 3.05) is 13.3 Å². The van der Waals surface area contributed by atoms with E-state index >= 15 is 0 Å². The van der Waals surface area contributed by atoms with E-state index in [-0.39, 0.29) is 25.0 Å². The van der Waals surface area contributed by atoms with Gasteiger partial charge in [-0.2, -0.15) is 0 Å². The van der Waals surface area contributed by atoms with Crippen LogP contribution >= 0.6 is 0 Å². The second kappa shape index (κ2) is 12.5. The molecule has 8 nitrogen and oxygen atoms in total. The number of carbonyl (C=O) groups excluding carboxylic acids is 4. The summed E-state index contributed by atoms with van der Waals surface area (Å²) < 4.78 is 30.4. The van der Waals surface area contributed by atoms with Gasteiger partial charge in [0.15, 0.2) is 11.9 Å². The van der Waals surface area contributed by atoms with Crippen LogP contribution in [0, 0.1) is 0 Å². The summed E-state index contributed by atoms with van der Waals surface area (Å²) in [5, 5.41) is 5.85. The SMILES string of the molecule is C=CC(=O)CC[C@H](NC(=O)[C@H](Cc1c[nH]c2ccccc12)NC(C)=O)C(=O)OC(CF)CF. The minimum atomic E-state index is -1.61. The van der Waals surface area contributed by atoms with Gasteiger partial charge in [-0.25, -0.2) is 13.6 Å². The molecule has 0 fully saturated rings.